The lowest BCUT2D eigenvalue weighted by atomic mass is 10.2. The Labute approximate surface area is 106 Å². The van der Waals surface area contributed by atoms with Crippen molar-refractivity contribution in [3.05, 3.63) is 22.8 Å². The van der Waals surface area contributed by atoms with Gasteiger partial charge in [-0.25, -0.2) is 4.98 Å². The van der Waals surface area contributed by atoms with Crippen molar-refractivity contribution in [2.45, 2.75) is 6.54 Å². The molecule has 1 aliphatic heterocycles. The molecule has 0 saturated carbocycles. The maximum Gasteiger partial charge on any atom is 0.147 e. The van der Waals surface area contributed by atoms with Crippen molar-refractivity contribution in [2.24, 2.45) is 0 Å². The molecule has 5 heteroatoms. The summed E-state index contributed by atoms with van der Waals surface area (Å²) in [5, 5.41) is 3.86. The van der Waals surface area contributed by atoms with Crippen LogP contribution in [0.2, 0.25) is 5.02 Å². The van der Waals surface area contributed by atoms with Crippen molar-refractivity contribution in [3.8, 4) is 0 Å². The van der Waals surface area contributed by atoms with Crippen molar-refractivity contribution < 1.29 is 0 Å². The minimum Gasteiger partial charge on any atom is -0.354 e. The number of hydrogen-bond acceptors (Lipinski definition) is 4. The molecule has 1 fully saturated rings. The van der Waals surface area contributed by atoms with E-state index in [1.54, 1.807) is 0 Å². The minimum absolute atomic E-state index is 0.764. The zero-order valence-electron chi connectivity index (χ0n) is 9.37. The lowest BCUT2D eigenvalue weighted by Gasteiger charge is -2.28. The minimum atomic E-state index is 0.764. The Morgan fingerprint density at radius 1 is 1.50 bits per heavy atom. The van der Waals surface area contributed by atoms with Crippen LogP contribution in [0.5, 0.6) is 0 Å². The predicted octanol–water partition coefficient (Wildman–Crippen LogP) is 2.01. The third-order valence-corrected chi connectivity index (χ3v) is 3.79. The third kappa shape index (κ3) is 2.81. The molecule has 0 unspecified atom stereocenters. The first-order chi connectivity index (χ1) is 7.81. The van der Waals surface area contributed by atoms with Gasteiger partial charge in [-0.05, 0) is 18.7 Å². The van der Waals surface area contributed by atoms with Gasteiger partial charge in [-0.3, -0.25) is 0 Å². The molecule has 0 aromatic carbocycles. The largest absolute Gasteiger partial charge is 0.354 e. The van der Waals surface area contributed by atoms with Crippen molar-refractivity contribution in [3.63, 3.8) is 0 Å². The Balaban J connectivity index is 2.14. The van der Waals surface area contributed by atoms with E-state index in [4.69, 9.17) is 11.6 Å². The standard InChI is InChI=1S/C11H16ClN3S/c1-13-7-9-6-10(12)11(14-8-9)15-2-4-16-5-3-15/h6,8,13H,2-5,7H2,1H3. The second-order valence-corrected chi connectivity index (χ2v) is 5.41. The average molecular weight is 258 g/mol. The van der Waals surface area contributed by atoms with Crippen molar-refractivity contribution in [2.75, 3.05) is 36.5 Å². The number of nitrogens with zero attached hydrogens (tertiary/aromatic N) is 2. The van der Waals surface area contributed by atoms with Gasteiger partial charge in [0.15, 0.2) is 0 Å². The van der Waals surface area contributed by atoms with Gasteiger partial charge in [0.1, 0.15) is 5.82 Å². The van der Waals surface area contributed by atoms with Crippen LogP contribution < -0.4 is 10.2 Å². The molecule has 16 heavy (non-hydrogen) atoms. The molecule has 0 atom stereocenters. The highest BCUT2D eigenvalue weighted by molar-refractivity contribution is 7.99. The Kier molecular flexibility index (Phi) is 4.32. The fourth-order valence-electron chi connectivity index (χ4n) is 1.78. The zero-order valence-corrected chi connectivity index (χ0v) is 10.9. The monoisotopic (exact) mass is 257 g/mol. The molecule has 2 heterocycles. The predicted molar refractivity (Wildman–Crippen MR) is 71.5 cm³/mol. The molecule has 1 N–H and O–H groups in total. The van der Waals surface area contributed by atoms with E-state index in [9.17, 15) is 0 Å². The van der Waals surface area contributed by atoms with E-state index >= 15 is 0 Å². The zero-order chi connectivity index (χ0) is 11.4. The molecule has 0 bridgehead atoms. The van der Waals surface area contributed by atoms with Gasteiger partial charge < -0.3 is 10.2 Å². The topological polar surface area (TPSA) is 28.2 Å². The Bertz CT molecular complexity index is 353. The van der Waals surface area contributed by atoms with E-state index in [2.05, 4.69) is 15.2 Å². The summed E-state index contributed by atoms with van der Waals surface area (Å²) >= 11 is 8.25. The number of thioether (sulfide) groups is 1. The lowest BCUT2D eigenvalue weighted by Crippen LogP contribution is -2.33. The molecule has 1 aromatic heterocycles. The third-order valence-electron chi connectivity index (χ3n) is 2.57. The highest BCUT2D eigenvalue weighted by Crippen LogP contribution is 2.26. The molecular formula is C11H16ClN3S. The summed E-state index contributed by atoms with van der Waals surface area (Å²) in [7, 11) is 1.92. The van der Waals surface area contributed by atoms with Gasteiger partial charge in [-0.15, -0.1) is 0 Å². The Morgan fingerprint density at radius 3 is 2.88 bits per heavy atom. The van der Waals surface area contributed by atoms with Gasteiger partial charge in [0.2, 0.25) is 0 Å². The van der Waals surface area contributed by atoms with E-state index in [0.29, 0.717) is 0 Å². The highest BCUT2D eigenvalue weighted by atomic mass is 35.5. The summed E-state index contributed by atoms with van der Waals surface area (Å²) in [5.74, 6) is 3.26. The van der Waals surface area contributed by atoms with Gasteiger partial charge in [-0.2, -0.15) is 11.8 Å². The Hall–Kier alpha value is -0.450. The van der Waals surface area contributed by atoms with E-state index < -0.39 is 0 Å². The van der Waals surface area contributed by atoms with E-state index in [0.717, 1.165) is 47.5 Å². The molecule has 2 rings (SSSR count). The van der Waals surface area contributed by atoms with Crippen LogP contribution in [-0.4, -0.2) is 36.6 Å². The number of anilines is 1. The van der Waals surface area contributed by atoms with Gasteiger partial charge in [0.05, 0.1) is 5.02 Å². The molecule has 0 spiro atoms. The maximum absolute atomic E-state index is 6.26. The lowest BCUT2D eigenvalue weighted by molar-refractivity contribution is 0.804. The summed E-state index contributed by atoms with van der Waals surface area (Å²) in [4.78, 5) is 6.73. The molecular weight excluding hydrogens is 242 g/mol. The fraction of sp³-hybridized carbons (Fsp3) is 0.545. The van der Waals surface area contributed by atoms with Crippen LogP contribution in [0.3, 0.4) is 0 Å². The second-order valence-electron chi connectivity index (χ2n) is 3.78. The SMILES string of the molecule is CNCc1cnc(N2CCSCC2)c(Cl)c1. The summed E-state index contributed by atoms with van der Waals surface area (Å²) in [6.45, 7) is 2.90. The summed E-state index contributed by atoms with van der Waals surface area (Å²) in [5.41, 5.74) is 1.13. The fourth-order valence-corrected chi connectivity index (χ4v) is 2.99. The number of rotatable bonds is 3. The first kappa shape index (κ1) is 12.0. The molecule has 0 aliphatic carbocycles. The molecule has 0 radical (unpaired) electrons. The summed E-state index contributed by atoms with van der Waals surface area (Å²) in [6, 6.07) is 2.00. The first-order valence-electron chi connectivity index (χ1n) is 5.43. The summed E-state index contributed by atoms with van der Waals surface area (Å²) < 4.78 is 0. The van der Waals surface area contributed by atoms with Crippen LogP contribution in [-0.2, 0) is 6.54 Å². The van der Waals surface area contributed by atoms with E-state index in [1.165, 1.54) is 0 Å². The van der Waals surface area contributed by atoms with E-state index in [-0.39, 0.29) is 0 Å². The second kappa shape index (κ2) is 5.75. The Morgan fingerprint density at radius 2 is 2.25 bits per heavy atom. The molecule has 88 valence electrons. The van der Waals surface area contributed by atoms with Gasteiger partial charge >= 0.3 is 0 Å². The number of nitrogens with one attached hydrogen (secondary N) is 1. The molecule has 1 aromatic rings. The van der Waals surface area contributed by atoms with Crippen LogP contribution in [0.4, 0.5) is 5.82 Å². The van der Waals surface area contributed by atoms with Gasteiger partial charge in [-0.1, -0.05) is 11.6 Å². The van der Waals surface area contributed by atoms with Crippen LogP contribution in [0.1, 0.15) is 5.56 Å². The molecule has 1 saturated heterocycles. The van der Waals surface area contributed by atoms with Crippen LogP contribution in [0.15, 0.2) is 12.3 Å². The van der Waals surface area contributed by atoms with E-state index in [1.807, 2.05) is 31.1 Å². The number of aromatic nitrogens is 1. The van der Waals surface area contributed by atoms with Crippen LogP contribution in [0.25, 0.3) is 0 Å². The molecule has 3 nitrogen and oxygen atoms in total. The van der Waals surface area contributed by atoms with Gasteiger partial charge in [0, 0.05) is 37.3 Å². The normalized spacial score (nSPS) is 16.5. The van der Waals surface area contributed by atoms with Gasteiger partial charge in [0.25, 0.3) is 0 Å². The first-order valence-corrected chi connectivity index (χ1v) is 6.96. The van der Waals surface area contributed by atoms with Crippen molar-refractivity contribution in [1.82, 2.24) is 10.3 Å². The quantitative estimate of drug-likeness (QED) is 0.897. The average Bonchev–Trinajstić information content (AvgIpc) is 2.31. The smallest absolute Gasteiger partial charge is 0.147 e. The van der Waals surface area contributed by atoms with Crippen LogP contribution in [0, 0.1) is 0 Å². The summed E-state index contributed by atoms with van der Waals surface area (Å²) in [6.07, 6.45) is 1.90. The molecule has 0 amide bonds. The van der Waals surface area contributed by atoms with Crippen LogP contribution >= 0.6 is 23.4 Å². The molecule has 1 aliphatic rings. The van der Waals surface area contributed by atoms with Crippen molar-refractivity contribution in [1.29, 1.82) is 0 Å². The maximum atomic E-state index is 6.26. The number of pyridine rings is 1. The number of halogens is 1. The number of hydrogen-bond donors (Lipinski definition) is 1. The van der Waals surface area contributed by atoms with Crippen molar-refractivity contribution >= 4 is 29.2 Å². The highest BCUT2D eigenvalue weighted by Gasteiger charge is 2.15.